The lowest BCUT2D eigenvalue weighted by Gasteiger charge is -2.19. The Balaban J connectivity index is 2.35. The number of hydrogen-bond acceptors (Lipinski definition) is 8. The van der Waals surface area contributed by atoms with Crippen molar-refractivity contribution in [2.75, 3.05) is 5.73 Å². The van der Waals surface area contributed by atoms with E-state index in [1.807, 2.05) is 0 Å². The number of hydrogen-bond donors (Lipinski definition) is 5. The first-order valence-corrected chi connectivity index (χ1v) is 11.8. The highest BCUT2D eigenvalue weighted by molar-refractivity contribution is 7.86. The van der Waals surface area contributed by atoms with Crippen LogP contribution in [0.2, 0.25) is 0 Å². The van der Waals surface area contributed by atoms with Gasteiger partial charge in [0.05, 0.1) is 16.6 Å². The minimum absolute atomic E-state index is 0.0275. The second-order valence-corrected chi connectivity index (χ2v) is 9.71. The van der Waals surface area contributed by atoms with E-state index in [9.17, 15) is 35.8 Å². The summed E-state index contributed by atoms with van der Waals surface area (Å²) in [6.45, 7) is 0. The van der Waals surface area contributed by atoms with Crippen LogP contribution >= 0.6 is 0 Å². The van der Waals surface area contributed by atoms with Crippen LogP contribution in [0, 0.1) is 5.41 Å². The second kappa shape index (κ2) is 7.38. The maximum absolute atomic E-state index is 12.1. The lowest BCUT2D eigenvalue weighted by Crippen LogP contribution is -2.16. The number of fused-ring (bicyclic) bond motifs is 2. The van der Waals surface area contributed by atoms with E-state index in [4.69, 9.17) is 15.6 Å². The highest BCUT2D eigenvalue weighted by atomic mass is 32.2. The number of benzene rings is 3. The molecule has 0 unspecified atom stereocenters. The Hall–Kier alpha value is -3.78. The number of nitrogens with one attached hydrogen (secondary N) is 1. The fourth-order valence-electron chi connectivity index (χ4n) is 3.62. The molecule has 1 aliphatic heterocycles. The maximum atomic E-state index is 12.1. The predicted octanol–water partition coefficient (Wildman–Crippen LogP) is 2.46. The first-order valence-electron chi connectivity index (χ1n) is 8.96. The van der Waals surface area contributed by atoms with Crippen LogP contribution in [0.15, 0.2) is 62.7 Å². The number of carboxylic acids is 1. The highest BCUT2D eigenvalue weighted by Gasteiger charge is 2.30. The molecule has 0 saturated carbocycles. The molecule has 2 aliphatic rings. The molecule has 13 heteroatoms. The van der Waals surface area contributed by atoms with Crippen molar-refractivity contribution in [2.24, 2.45) is 0 Å². The van der Waals surface area contributed by atoms with Gasteiger partial charge in [-0.05, 0) is 42.0 Å². The smallest absolute Gasteiger partial charge is 0.335 e. The molecule has 2 aromatic rings. The van der Waals surface area contributed by atoms with Crippen molar-refractivity contribution < 1.29 is 40.3 Å². The van der Waals surface area contributed by atoms with Gasteiger partial charge in [0, 0.05) is 16.5 Å². The van der Waals surface area contributed by atoms with Crippen molar-refractivity contribution in [2.45, 2.75) is 9.79 Å². The highest BCUT2D eigenvalue weighted by Crippen LogP contribution is 2.44. The van der Waals surface area contributed by atoms with Gasteiger partial charge in [0.15, 0.2) is 21.1 Å². The molecule has 0 amide bonds. The van der Waals surface area contributed by atoms with E-state index < -0.39 is 58.4 Å². The summed E-state index contributed by atoms with van der Waals surface area (Å²) in [6, 6.07) is 10.4. The first-order chi connectivity index (χ1) is 15.3. The van der Waals surface area contributed by atoms with Crippen molar-refractivity contribution >= 4 is 42.9 Å². The monoisotopic (exact) mass is 490 g/mol. The Labute approximate surface area is 186 Å². The molecule has 0 atom stereocenters. The summed E-state index contributed by atoms with van der Waals surface area (Å²) in [4.78, 5) is 9.69. The second-order valence-electron chi connectivity index (χ2n) is 6.99. The summed E-state index contributed by atoms with van der Waals surface area (Å²) in [5, 5.41) is 16.7. The zero-order valence-electron chi connectivity index (χ0n) is 16.3. The molecule has 1 heterocycles. The van der Waals surface area contributed by atoms with Gasteiger partial charge in [-0.1, -0.05) is 12.1 Å². The normalized spacial score (nSPS) is 12.3. The van der Waals surface area contributed by atoms with Gasteiger partial charge in [-0.2, -0.15) is 16.8 Å². The minimum Gasteiger partial charge on any atom is -0.478 e. The largest absolute Gasteiger partial charge is 0.478 e. The molecule has 4 rings (SSSR count). The van der Waals surface area contributed by atoms with Crippen molar-refractivity contribution in [3.8, 4) is 22.5 Å². The summed E-state index contributed by atoms with van der Waals surface area (Å²) >= 11 is 0. The predicted molar refractivity (Wildman–Crippen MR) is 115 cm³/mol. The Morgan fingerprint density at radius 2 is 1.61 bits per heavy atom. The van der Waals surface area contributed by atoms with Crippen LogP contribution in [0.5, 0.6) is 0 Å². The average molecular weight is 490 g/mol. The number of carbonyl (C=O) groups is 1. The fraction of sp³-hybridized carbons (Fsp3) is 0. The zero-order valence-corrected chi connectivity index (χ0v) is 17.9. The van der Waals surface area contributed by atoms with Crippen molar-refractivity contribution in [1.82, 2.24) is 0 Å². The molecule has 0 radical (unpaired) electrons. The zero-order chi connectivity index (χ0) is 24.3. The van der Waals surface area contributed by atoms with Gasteiger partial charge in [-0.3, -0.25) is 14.5 Å². The number of nitrogens with two attached hydrogens (primary N) is 1. The van der Waals surface area contributed by atoms with Gasteiger partial charge in [0.1, 0.15) is 0 Å². The summed E-state index contributed by atoms with van der Waals surface area (Å²) in [6.07, 6.45) is 0. The molecule has 1 aliphatic carbocycles. The molecule has 0 spiro atoms. The lowest BCUT2D eigenvalue weighted by molar-refractivity contribution is 0.0697. The summed E-state index contributed by atoms with van der Waals surface area (Å²) < 4.78 is 73.3. The average Bonchev–Trinajstić information content (AvgIpc) is 2.69. The fourth-order valence-corrected chi connectivity index (χ4v) is 5.11. The molecule has 0 fully saturated rings. The van der Waals surface area contributed by atoms with Crippen LogP contribution in [0.1, 0.15) is 10.4 Å². The van der Waals surface area contributed by atoms with Gasteiger partial charge in [0.2, 0.25) is 0 Å². The third kappa shape index (κ3) is 3.72. The first kappa shape index (κ1) is 22.4. The van der Waals surface area contributed by atoms with Crippen molar-refractivity contribution in [3.63, 3.8) is 0 Å². The third-order valence-corrected chi connectivity index (χ3v) is 6.77. The van der Waals surface area contributed by atoms with Crippen LogP contribution in [-0.2, 0) is 20.2 Å². The van der Waals surface area contributed by atoms with Gasteiger partial charge in [0.25, 0.3) is 20.2 Å². The van der Waals surface area contributed by atoms with E-state index in [0.717, 1.165) is 6.07 Å². The molecular formula is C20H14N2O9S2. The number of anilines is 1. The number of carboxylic acid groups (broad SMARTS) is 1. The molecule has 0 aromatic heterocycles. The van der Waals surface area contributed by atoms with E-state index in [2.05, 4.69) is 0 Å². The number of rotatable bonds is 4. The maximum Gasteiger partial charge on any atom is 0.335 e. The number of nitrogen functional groups attached to an aromatic ring is 1. The Morgan fingerprint density at radius 1 is 0.939 bits per heavy atom. The van der Waals surface area contributed by atoms with E-state index in [1.165, 1.54) is 42.5 Å². The molecule has 6 N–H and O–H groups in total. The molecular weight excluding hydrogens is 476 g/mol. The van der Waals surface area contributed by atoms with E-state index >= 15 is 0 Å². The standard InChI is InChI=1S/C20H14N2O9S2/c21-13-6-4-11-15(9-2-1-3-10(8-9)20(23)24)12-5-7-14(22)19(33(28,29)30)17(12)31-16(11)18(13)32(25,26)27/h1-8,21H,22H2,(H,23,24)(H,25,26,27)(H,28,29,30). The quantitative estimate of drug-likeness (QED) is 0.160. The SMILES string of the molecule is N=c1ccc2c(-c3cccc(C(=O)O)c3)c3ccc(N)c(S(=O)(=O)O)c3oc-2c1S(=O)(=O)O. The van der Waals surface area contributed by atoms with Gasteiger partial charge < -0.3 is 15.3 Å². The van der Waals surface area contributed by atoms with Crippen molar-refractivity contribution in [3.05, 3.63) is 59.5 Å². The molecule has 170 valence electrons. The van der Waals surface area contributed by atoms with Crippen LogP contribution in [0.25, 0.3) is 33.4 Å². The molecule has 0 bridgehead atoms. The third-order valence-electron chi connectivity index (χ3n) is 4.91. The van der Waals surface area contributed by atoms with E-state index in [-0.39, 0.29) is 27.6 Å². The van der Waals surface area contributed by atoms with Crippen LogP contribution in [-0.4, -0.2) is 37.0 Å². The lowest BCUT2D eigenvalue weighted by atomic mass is 9.92. The minimum atomic E-state index is -5.03. The van der Waals surface area contributed by atoms with E-state index in [0.29, 0.717) is 0 Å². The summed E-state index contributed by atoms with van der Waals surface area (Å²) in [5.41, 5.74) is 5.05. The topological polar surface area (TPSA) is 209 Å². The molecule has 2 aromatic carbocycles. The van der Waals surface area contributed by atoms with E-state index in [1.54, 1.807) is 0 Å². The van der Waals surface area contributed by atoms with Crippen molar-refractivity contribution in [1.29, 1.82) is 5.41 Å². The Bertz CT molecular complexity index is 1720. The van der Waals surface area contributed by atoms with Crippen LogP contribution < -0.4 is 11.1 Å². The summed E-state index contributed by atoms with van der Waals surface area (Å²) in [5.74, 6) is -1.83. The van der Waals surface area contributed by atoms with Gasteiger partial charge in [-0.25, -0.2) is 4.79 Å². The molecule has 0 saturated heterocycles. The van der Waals surface area contributed by atoms with Gasteiger partial charge in [-0.15, -0.1) is 0 Å². The van der Waals surface area contributed by atoms with Crippen LogP contribution in [0.3, 0.4) is 0 Å². The summed E-state index contributed by atoms with van der Waals surface area (Å²) in [7, 11) is -10.0. The Kier molecular flexibility index (Phi) is 5.01. The van der Waals surface area contributed by atoms with Crippen LogP contribution in [0.4, 0.5) is 5.69 Å². The molecule has 33 heavy (non-hydrogen) atoms. The Morgan fingerprint density at radius 3 is 2.21 bits per heavy atom. The van der Waals surface area contributed by atoms with Gasteiger partial charge >= 0.3 is 5.97 Å². The number of aromatic carboxylic acids is 1. The molecule has 11 nitrogen and oxygen atoms in total.